The van der Waals surface area contributed by atoms with Crippen LogP contribution in [0.25, 0.3) is 11.3 Å². The Morgan fingerprint density at radius 2 is 1.94 bits per heavy atom. The summed E-state index contributed by atoms with van der Waals surface area (Å²) in [5.41, 5.74) is 2.66. The van der Waals surface area contributed by atoms with Gasteiger partial charge in [0.05, 0.1) is 23.0 Å². The number of amides is 1. The Morgan fingerprint density at radius 1 is 1.09 bits per heavy atom. The van der Waals surface area contributed by atoms with Crippen molar-refractivity contribution in [3.8, 4) is 28.5 Å². The smallest absolute Gasteiger partial charge is 0.454 e. The molecule has 0 radical (unpaired) electrons. The van der Waals surface area contributed by atoms with E-state index < -0.39 is 24.1 Å². The molecule has 1 unspecified atom stereocenters. The number of nitrogens with one attached hydrogen (secondary N) is 2. The number of hydrogen-bond donors (Lipinski definition) is 3. The number of anilines is 1. The van der Waals surface area contributed by atoms with Crippen LogP contribution >= 0.6 is 0 Å². The molecule has 0 spiro atoms. The third kappa shape index (κ3) is 3.89. The molecule has 2 aliphatic rings. The molecule has 1 aliphatic heterocycles. The van der Waals surface area contributed by atoms with Crippen LogP contribution in [0.15, 0.2) is 42.6 Å². The van der Waals surface area contributed by atoms with Gasteiger partial charge in [-0.25, -0.2) is 0 Å². The summed E-state index contributed by atoms with van der Waals surface area (Å²) in [7, 11) is 0. The van der Waals surface area contributed by atoms with E-state index >= 15 is 0 Å². The van der Waals surface area contributed by atoms with E-state index in [1.165, 1.54) is 6.07 Å². The molecule has 10 heteroatoms. The second-order valence-corrected chi connectivity index (χ2v) is 7.83. The first-order chi connectivity index (χ1) is 15.3. The second-order valence-electron chi connectivity index (χ2n) is 7.83. The highest BCUT2D eigenvalue weighted by Crippen LogP contribution is 2.45. The lowest BCUT2D eigenvalue weighted by molar-refractivity contribution is -0.274. The van der Waals surface area contributed by atoms with Crippen molar-refractivity contribution < 1.29 is 32.5 Å². The molecule has 2 aromatic carbocycles. The summed E-state index contributed by atoms with van der Waals surface area (Å²) in [5, 5.41) is 19.5. The van der Waals surface area contributed by atoms with Crippen LogP contribution < -0.4 is 14.8 Å². The van der Waals surface area contributed by atoms with Crippen LogP contribution in [-0.4, -0.2) is 33.7 Å². The zero-order valence-electron chi connectivity index (χ0n) is 16.6. The number of benzene rings is 2. The number of nitrogens with zero attached hydrogens (tertiary/aromatic N) is 1. The Morgan fingerprint density at radius 3 is 2.62 bits per heavy atom. The van der Waals surface area contributed by atoms with Crippen molar-refractivity contribution in [3.05, 3.63) is 53.7 Å². The van der Waals surface area contributed by atoms with E-state index in [-0.39, 0.29) is 28.7 Å². The van der Waals surface area contributed by atoms with Crippen molar-refractivity contribution in [1.82, 2.24) is 10.2 Å². The van der Waals surface area contributed by atoms with Gasteiger partial charge in [0.1, 0.15) is 11.5 Å². The van der Waals surface area contributed by atoms with Gasteiger partial charge in [-0.15, -0.1) is 13.2 Å². The van der Waals surface area contributed by atoms with Crippen molar-refractivity contribution >= 4 is 11.6 Å². The minimum Gasteiger partial charge on any atom is -0.454 e. The van der Waals surface area contributed by atoms with Gasteiger partial charge in [0, 0.05) is 17.8 Å². The fourth-order valence-electron chi connectivity index (χ4n) is 4.28. The van der Waals surface area contributed by atoms with E-state index in [0.29, 0.717) is 18.5 Å². The number of fused-ring (bicyclic) bond motifs is 2. The van der Waals surface area contributed by atoms with Crippen LogP contribution in [0.2, 0.25) is 0 Å². The van der Waals surface area contributed by atoms with Gasteiger partial charge in [0.25, 0.3) is 5.91 Å². The minimum atomic E-state index is -4.85. The summed E-state index contributed by atoms with van der Waals surface area (Å²) in [6.45, 7) is 0. The fraction of sp³-hybridized carbons (Fsp3) is 0.273. The maximum absolute atomic E-state index is 13.0. The molecule has 0 bridgehead atoms. The first-order valence-electron chi connectivity index (χ1n) is 10.0. The molecule has 32 heavy (non-hydrogen) atoms. The number of ether oxygens (including phenoxy) is 2. The molecule has 0 saturated heterocycles. The number of halogens is 3. The molecule has 1 aliphatic carbocycles. The highest BCUT2D eigenvalue weighted by molar-refractivity contribution is 6.09. The number of aliphatic hydroxyl groups is 1. The zero-order valence-corrected chi connectivity index (χ0v) is 16.6. The minimum absolute atomic E-state index is 0.0607. The van der Waals surface area contributed by atoms with Gasteiger partial charge in [-0.05, 0) is 61.1 Å². The molecule has 1 saturated carbocycles. The predicted molar refractivity (Wildman–Crippen MR) is 108 cm³/mol. The molecular formula is C22H18F3N3O4. The number of aromatic nitrogens is 2. The SMILES string of the molecule is O=C1Nc2cc(OC(F)(F)F)ccc2Oc2cc(C3CC[C@@H](O)C3)c(-c3ccn[nH]3)cc21. The van der Waals surface area contributed by atoms with E-state index in [4.69, 9.17) is 4.74 Å². The standard InChI is InChI=1S/C22H18F3N3O4/c23-22(24,25)32-13-3-4-19-18(8-13)27-21(30)16-9-15(17-5-6-26-28-17)14(10-20(16)31-19)11-1-2-12(29)7-11/h3-6,8-12,29H,1-2,7H2,(H,26,28)(H,27,30)/t11?,12-/m1/s1. The summed E-state index contributed by atoms with van der Waals surface area (Å²) in [6.07, 6.45) is -1.61. The van der Waals surface area contributed by atoms with Gasteiger partial charge in [0.15, 0.2) is 5.75 Å². The van der Waals surface area contributed by atoms with Crippen molar-refractivity contribution in [1.29, 1.82) is 0 Å². The first-order valence-corrected chi connectivity index (χ1v) is 10.0. The van der Waals surface area contributed by atoms with Crippen LogP contribution in [0.3, 0.4) is 0 Å². The van der Waals surface area contributed by atoms with Crippen LogP contribution in [0.1, 0.15) is 41.1 Å². The lowest BCUT2D eigenvalue weighted by Gasteiger charge is -2.18. The van der Waals surface area contributed by atoms with E-state index in [0.717, 1.165) is 29.7 Å². The summed E-state index contributed by atoms with van der Waals surface area (Å²) < 4.78 is 47.6. The third-order valence-electron chi connectivity index (χ3n) is 5.68. The van der Waals surface area contributed by atoms with Crippen LogP contribution in [0.5, 0.6) is 17.2 Å². The lowest BCUT2D eigenvalue weighted by Crippen LogP contribution is -2.17. The highest BCUT2D eigenvalue weighted by atomic mass is 19.4. The van der Waals surface area contributed by atoms with E-state index in [1.54, 1.807) is 24.4 Å². The Kier molecular flexibility index (Phi) is 4.81. The summed E-state index contributed by atoms with van der Waals surface area (Å²) >= 11 is 0. The number of alkyl halides is 3. The number of aliphatic hydroxyl groups excluding tert-OH is 1. The number of hydrogen-bond acceptors (Lipinski definition) is 5. The fourth-order valence-corrected chi connectivity index (χ4v) is 4.28. The number of rotatable bonds is 3. The summed E-state index contributed by atoms with van der Waals surface area (Å²) in [4.78, 5) is 13.0. The van der Waals surface area contributed by atoms with Gasteiger partial charge >= 0.3 is 6.36 Å². The Hall–Kier alpha value is -3.53. The number of carbonyl (C=O) groups excluding carboxylic acids is 1. The Labute approximate surface area is 180 Å². The van der Waals surface area contributed by atoms with E-state index in [2.05, 4.69) is 20.3 Å². The molecule has 1 fully saturated rings. The maximum Gasteiger partial charge on any atom is 0.573 e. The molecule has 3 aromatic rings. The molecule has 1 amide bonds. The van der Waals surface area contributed by atoms with E-state index in [9.17, 15) is 23.1 Å². The van der Waals surface area contributed by atoms with Gasteiger partial charge in [-0.1, -0.05) is 0 Å². The average molecular weight is 445 g/mol. The third-order valence-corrected chi connectivity index (χ3v) is 5.68. The van der Waals surface area contributed by atoms with Gasteiger partial charge in [-0.2, -0.15) is 5.10 Å². The molecule has 5 rings (SSSR count). The Balaban J connectivity index is 1.58. The summed E-state index contributed by atoms with van der Waals surface area (Å²) in [6, 6.07) is 8.72. The maximum atomic E-state index is 13.0. The predicted octanol–water partition coefficient (Wildman–Crippen LogP) is 4.96. The quantitative estimate of drug-likeness (QED) is 0.530. The zero-order chi connectivity index (χ0) is 22.5. The largest absolute Gasteiger partial charge is 0.573 e. The van der Waals surface area contributed by atoms with E-state index in [1.807, 2.05) is 0 Å². The van der Waals surface area contributed by atoms with Gasteiger partial charge in [0.2, 0.25) is 0 Å². The molecule has 7 nitrogen and oxygen atoms in total. The lowest BCUT2D eigenvalue weighted by atomic mass is 9.89. The monoisotopic (exact) mass is 445 g/mol. The number of H-pyrrole nitrogens is 1. The molecule has 2 heterocycles. The highest BCUT2D eigenvalue weighted by Gasteiger charge is 2.33. The van der Waals surface area contributed by atoms with Crippen molar-refractivity contribution in [2.75, 3.05) is 5.32 Å². The van der Waals surface area contributed by atoms with Crippen LogP contribution in [-0.2, 0) is 0 Å². The molecular weight excluding hydrogens is 427 g/mol. The van der Waals surface area contributed by atoms with Gasteiger partial charge < -0.3 is 19.9 Å². The average Bonchev–Trinajstić information content (AvgIpc) is 3.38. The molecule has 1 aromatic heterocycles. The normalized spacial score (nSPS) is 20.1. The number of carbonyl (C=O) groups is 1. The van der Waals surface area contributed by atoms with Crippen LogP contribution in [0, 0.1) is 0 Å². The second kappa shape index (κ2) is 7.56. The Bertz CT molecular complexity index is 1180. The van der Waals surface area contributed by atoms with Crippen LogP contribution in [0.4, 0.5) is 18.9 Å². The van der Waals surface area contributed by atoms with Gasteiger partial charge in [-0.3, -0.25) is 9.89 Å². The van der Waals surface area contributed by atoms with Crippen molar-refractivity contribution in [2.45, 2.75) is 37.6 Å². The molecule has 3 N–H and O–H groups in total. The first kappa shape index (κ1) is 20.4. The molecule has 166 valence electrons. The summed E-state index contributed by atoms with van der Waals surface area (Å²) in [5.74, 6) is -0.458. The topological polar surface area (TPSA) is 96.5 Å². The van der Waals surface area contributed by atoms with Crippen molar-refractivity contribution in [2.24, 2.45) is 0 Å². The number of aromatic amines is 1. The molecule has 2 atom stereocenters. The van der Waals surface area contributed by atoms with Crippen molar-refractivity contribution in [3.63, 3.8) is 0 Å².